The summed E-state index contributed by atoms with van der Waals surface area (Å²) in [6, 6.07) is 9.46. The van der Waals surface area contributed by atoms with Crippen molar-refractivity contribution in [1.82, 2.24) is 9.80 Å². The van der Waals surface area contributed by atoms with E-state index < -0.39 is 0 Å². The number of ether oxygens (including phenoxy) is 1. The lowest BCUT2D eigenvalue weighted by molar-refractivity contribution is -0.138. The van der Waals surface area contributed by atoms with Crippen molar-refractivity contribution in [2.75, 3.05) is 33.3 Å². The first kappa shape index (κ1) is 17.7. The second-order valence-corrected chi connectivity index (χ2v) is 6.19. The van der Waals surface area contributed by atoms with Crippen LogP contribution in [0, 0.1) is 11.3 Å². The van der Waals surface area contributed by atoms with Crippen molar-refractivity contribution < 1.29 is 9.53 Å². The molecule has 1 aromatic rings. The van der Waals surface area contributed by atoms with E-state index >= 15 is 0 Å². The molecule has 1 amide bonds. The molecule has 0 N–H and O–H groups in total. The topological polar surface area (TPSA) is 56.6 Å². The van der Waals surface area contributed by atoms with Gasteiger partial charge in [-0.2, -0.15) is 5.26 Å². The van der Waals surface area contributed by atoms with Gasteiger partial charge in [0.25, 0.3) is 0 Å². The molecule has 1 aliphatic heterocycles. The number of carbonyl (C=O) groups excluding carboxylic acids is 1. The quantitative estimate of drug-likeness (QED) is 0.829. The predicted octanol–water partition coefficient (Wildman–Crippen LogP) is 2.47. The van der Waals surface area contributed by atoms with Crippen LogP contribution in [0.3, 0.4) is 0 Å². The molecule has 0 aliphatic carbocycles. The molecule has 1 aromatic carbocycles. The summed E-state index contributed by atoms with van der Waals surface area (Å²) in [5, 5.41) is 9.34. The van der Waals surface area contributed by atoms with E-state index in [4.69, 9.17) is 21.6 Å². The fraction of sp³-hybridized carbons (Fsp3) is 0.529. The first-order valence-electron chi connectivity index (χ1n) is 7.76. The highest BCUT2D eigenvalue weighted by Gasteiger charge is 2.30. The molecule has 1 aliphatic rings. The number of hydrogen-bond donors (Lipinski definition) is 0. The van der Waals surface area contributed by atoms with Gasteiger partial charge in [-0.1, -0.05) is 23.7 Å². The standard InChI is InChI=1S/C17H22ClN3O2/c1-13(17(22)20(2)9-3-8-19)21-10-11-23-16(12-21)14-4-6-15(18)7-5-14/h4-7,13,16H,3,9-12H2,1-2H3/t13-,16-/m1/s1. The van der Waals surface area contributed by atoms with Gasteiger partial charge in [0.2, 0.25) is 5.91 Å². The van der Waals surface area contributed by atoms with Gasteiger partial charge in [-0.25, -0.2) is 0 Å². The lowest BCUT2D eigenvalue weighted by atomic mass is 10.1. The molecular formula is C17H22ClN3O2. The maximum atomic E-state index is 12.5. The summed E-state index contributed by atoms with van der Waals surface area (Å²) >= 11 is 5.92. The van der Waals surface area contributed by atoms with Crippen molar-refractivity contribution in [2.45, 2.75) is 25.5 Å². The Bertz CT molecular complexity index is 570. The summed E-state index contributed by atoms with van der Waals surface area (Å²) in [6.45, 7) is 4.36. The van der Waals surface area contributed by atoms with Gasteiger partial charge < -0.3 is 9.64 Å². The van der Waals surface area contributed by atoms with E-state index in [-0.39, 0.29) is 18.1 Å². The van der Waals surface area contributed by atoms with Crippen molar-refractivity contribution >= 4 is 17.5 Å². The van der Waals surface area contributed by atoms with Gasteiger partial charge in [-0.3, -0.25) is 9.69 Å². The summed E-state index contributed by atoms with van der Waals surface area (Å²) in [7, 11) is 1.74. The summed E-state index contributed by atoms with van der Waals surface area (Å²) in [6.07, 6.45) is 0.298. The third kappa shape index (κ3) is 4.68. The fourth-order valence-corrected chi connectivity index (χ4v) is 2.83. The monoisotopic (exact) mass is 335 g/mol. The third-order valence-electron chi connectivity index (χ3n) is 4.18. The molecule has 0 unspecified atom stereocenters. The first-order chi connectivity index (χ1) is 11.0. The van der Waals surface area contributed by atoms with Crippen LogP contribution in [0.4, 0.5) is 0 Å². The third-order valence-corrected chi connectivity index (χ3v) is 4.43. The zero-order chi connectivity index (χ0) is 16.8. The Hall–Kier alpha value is -1.61. The molecule has 2 atom stereocenters. The van der Waals surface area contributed by atoms with Gasteiger partial charge in [0.15, 0.2) is 0 Å². The molecule has 0 bridgehead atoms. The van der Waals surface area contributed by atoms with Crippen molar-refractivity contribution in [3.05, 3.63) is 34.9 Å². The Kier molecular flexibility index (Phi) is 6.40. The van der Waals surface area contributed by atoms with E-state index in [1.165, 1.54) is 0 Å². The second kappa shape index (κ2) is 8.30. The van der Waals surface area contributed by atoms with Crippen molar-refractivity contribution in [3.8, 4) is 6.07 Å². The lowest BCUT2D eigenvalue weighted by Gasteiger charge is -2.37. The van der Waals surface area contributed by atoms with Crippen LogP contribution in [-0.2, 0) is 9.53 Å². The summed E-state index contributed by atoms with van der Waals surface area (Å²) < 4.78 is 5.84. The second-order valence-electron chi connectivity index (χ2n) is 5.75. The zero-order valence-electron chi connectivity index (χ0n) is 13.5. The molecule has 2 rings (SSSR count). The number of nitrogens with zero attached hydrogens (tertiary/aromatic N) is 3. The fourth-order valence-electron chi connectivity index (χ4n) is 2.70. The van der Waals surface area contributed by atoms with Crippen molar-refractivity contribution in [3.63, 3.8) is 0 Å². The van der Waals surface area contributed by atoms with Crippen molar-refractivity contribution in [2.24, 2.45) is 0 Å². The van der Waals surface area contributed by atoms with E-state index in [2.05, 4.69) is 11.0 Å². The smallest absolute Gasteiger partial charge is 0.239 e. The maximum absolute atomic E-state index is 12.5. The van der Waals surface area contributed by atoms with Crippen LogP contribution < -0.4 is 0 Å². The zero-order valence-corrected chi connectivity index (χ0v) is 14.3. The Morgan fingerprint density at radius 1 is 1.52 bits per heavy atom. The highest BCUT2D eigenvalue weighted by Crippen LogP contribution is 2.25. The summed E-state index contributed by atoms with van der Waals surface area (Å²) in [4.78, 5) is 16.2. The Balaban J connectivity index is 1.98. The minimum Gasteiger partial charge on any atom is -0.371 e. The van der Waals surface area contributed by atoms with Crippen LogP contribution in [0.15, 0.2) is 24.3 Å². The number of nitriles is 1. The van der Waals surface area contributed by atoms with Crippen LogP contribution in [0.2, 0.25) is 5.02 Å². The van der Waals surface area contributed by atoms with Crippen LogP contribution in [0.5, 0.6) is 0 Å². The van der Waals surface area contributed by atoms with E-state index in [1.54, 1.807) is 11.9 Å². The molecule has 0 radical (unpaired) electrons. The van der Waals surface area contributed by atoms with Gasteiger partial charge in [0.1, 0.15) is 0 Å². The molecule has 0 saturated carbocycles. The van der Waals surface area contributed by atoms with E-state index in [0.717, 1.165) is 12.1 Å². The van der Waals surface area contributed by atoms with Gasteiger partial charge in [0, 0.05) is 31.7 Å². The number of halogens is 1. The van der Waals surface area contributed by atoms with Crippen LogP contribution in [0.25, 0.3) is 0 Å². The molecule has 0 aromatic heterocycles. The number of benzene rings is 1. The van der Waals surface area contributed by atoms with E-state index in [9.17, 15) is 4.79 Å². The Labute approximate surface area is 142 Å². The Morgan fingerprint density at radius 2 is 2.22 bits per heavy atom. The normalized spacial score (nSPS) is 19.8. The molecule has 1 saturated heterocycles. The van der Waals surface area contributed by atoms with Gasteiger partial charge in [-0.15, -0.1) is 0 Å². The average molecular weight is 336 g/mol. The minimum absolute atomic E-state index is 0.0389. The highest BCUT2D eigenvalue weighted by molar-refractivity contribution is 6.30. The van der Waals surface area contributed by atoms with Crippen LogP contribution in [0.1, 0.15) is 25.0 Å². The highest BCUT2D eigenvalue weighted by atomic mass is 35.5. The Morgan fingerprint density at radius 3 is 2.87 bits per heavy atom. The number of carbonyl (C=O) groups is 1. The van der Waals surface area contributed by atoms with E-state index in [1.807, 2.05) is 31.2 Å². The average Bonchev–Trinajstić information content (AvgIpc) is 2.59. The molecule has 1 fully saturated rings. The summed E-state index contributed by atoms with van der Waals surface area (Å²) in [5.74, 6) is 0.0389. The molecular weight excluding hydrogens is 314 g/mol. The molecule has 5 nitrogen and oxygen atoms in total. The number of rotatable bonds is 5. The molecule has 1 heterocycles. The molecule has 124 valence electrons. The van der Waals surface area contributed by atoms with Crippen LogP contribution >= 0.6 is 11.6 Å². The number of hydrogen-bond acceptors (Lipinski definition) is 4. The summed E-state index contributed by atoms with van der Waals surface area (Å²) in [5.41, 5.74) is 1.07. The SMILES string of the molecule is C[C@H](C(=O)N(C)CCC#N)N1CCO[C@@H](c2ccc(Cl)cc2)C1. The largest absolute Gasteiger partial charge is 0.371 e. The van der Waals surface area contributed by atoms with E-state index in [0.29, 0.717) is 31.1 Å². The maximum Gasteiger partial charge on any atom is 0.239 e. The molecule has 6 heteroatoms. The minimum atomic E-state index is -0.225. The number of amides is 1. The first-order valence-corrected chi connectivity index (χ1v) is 8.13. The van der Waals surface area contributed by atoms with Gasteiger partial charge in [0.05, 0.1) is 31.2 Å². The number of morpholine rings is 1. The molecule has 0 spiro atoms. The van der Waals surface area contributed by atoms with Crippen molar-refractivity contribution in [1.29, 1.82) is 5.26 Å². The lowest BCUT2D eigenvalue weighted by Crippen LogP contribution is -2.50. The number of likely N-dealkylation sites (N-methyl/N-ethyl adjacent to an activating group) is 1. The van der Waals surface area contributed by atoms with Gasteiger partial charge >= 0.3 is 0 Å². The van der Waals surface area contributed by atoms with Gasteiger partial charge in [-0.05, 0) is 24.6 Å². The molecule has 23 heavy (non-hydrogen) atoms. The predicted molar refractivity (Wildman–Crippen MR) is 89.0 cm³/mol. The van der Waals surface area contributed by atoms with Crippen LogP contribution in [-0.4, -0.2) is 55.0 Å².